The molecule has 0 aliphatic heterocycles. The number of aromatic nitrogens is 3. The van der Waals surface area contributed by atoms with Gasteiger partial charge in [0.2, 0.25) is 17.2 Å². The van der Waals surface area contributed by atoms with Gasteiger partial charge in [0.05, 0.1) is 0 Å². The number of anilines is 2. The first-order valence-electron chi connectivity index (χ1n) is 6.82. The number of para-hydroxylation sites is 1. The summed E-state index contributed by atoms with van der Waals surface area (Å²) in [5, 5.41) is 0.0223. The predicted molar refractivity (Wildman–Crippen MR) is 87.5 cm³/mol. The van der Waals surface area contributed by atoms with E-state index in [1.807, 2.05) is 18.2 Å². The highest BCUT2D eigenvalue weighted by atomic mass is 35.5. The summed E-state index contributed by atoms with van der Waals surface area (Å²) in [6.07, 6.45) is -0.699. The number of nitrogens with one attached hydrogen (secondary N) is 2. The van der Waals surface area contributed by atoms with E-state index in [4.69, 9.17) is 16.3 Å². The Labute approximate surface area is 138 Å². The van der Waals surface area contributed by atoms with E-state index in [1.165, 1.54) is 0 Å². The van der Waals surface area contributed by atoms with Gasteiger partial charge in [0.25, 0.3) is 5.91 Å². The van der Waals surface area contributed by atoms with Gasteiger partial charge in [-0.05, 0) is 30.7 Å². The van der Waals surface area contributed by atoms with E-state index < -0.39 is 6.10 Å². The average molecular weight is 337 g/mol. The first-order chi connectivity index (χ1) is 11.0. The zero-order chi connectivity index (χ0) is 16.8. The molecule has 1 aromatic heterocycles. The lowest BCUT2D eigenvalue weighted by molar-refractivity contribution is -0.126. The van der Waals surface area contributed by atoms with Gasteiger partial charge in [-0.25, -0.2) is 0 Å². The van der Waals surface area contributed by atoms with Crippen LogP contribution in [0.3, 0.4) is 0 Å². The Bertz CT molecular complexity index is 668. The molecule has 1 amide bonds. The molecular formula is C14H17ClN6O2. The summed E-state index contributed by atoms with van der Waals surface area (Å²) in [6.45, 7) is 1.63. The van der Waals surface area contributed by atoms with Gasteiger partial charge in [0, 0.05) is 14.1 Å². The van der Waals surface area contributed by atoms with Crippen LogP contribution < -0.4 is 20.5 Å². The lowest BCUT2D eigenvalue weighted by Gasteiger charge is -2.16. The van der Waals surface area contributed by atoms with E-state index >= 15 is 0 Å². The molecule has 0 bridgehead atoms. The molecule has 23 heavy (non-hydrogen) atoms. The molecule has 0 aliphatic carbocycles. The molecule has 0 aliphatic rings. The van der Waals surface area contributed by atoms with Crippen LogP contribution in [0, 0.1) is 0 Å². The Kier molecular flexibility index (Phi) is 5.53. The highest BCUT2D eigenvalue weighted by Gasteiger charge is 2.15. The highest BCUT2D eigenvalue weighted by molar-refractivity contribution is 6.28. The molecule has 1 heterocycles. The zero-order valence-electron chi connectivity index (χ0n) is 12.9. The number of benzene rings is 1. The third-order valence-corrected chi connectivity index (χ3v) is 2.89. The van der Waals surface area contributed by atoms with Crippen LogP contribution in [0.15, 0.2) is 30.3 Å². The van der Waals surface area contributed by atoms with Crippen LogP contribution in [0.1, 0.15) is 6.92 Å². The Balaban J connectivity index is 1.93. The van der Waals surface area contributed by atoms with E-state index in [2.05, 4.69) is 25.8 Å². The van der Waals surface area contributed by atoms with Gasteiger partial charge in [0.15, 0.2) is 6.10 Å². The second-order valence-corrected chi connectivity index (χ2v) is 5.15. The minimum Gasteiger partial charge on any atom is -0.481 e. The van der Waals surface area contributed by atoms with Crippen LogP contribution in [0.4, 0.5) is 11.9 Å². The van der Waals surface area contributed by atoms with Crippen molar-refractivity contribution in [1.82, 2.24) is 20.4 Å². The van der Waals surface area contributed by atoms with Crippen molar-refractivity contribution in [3.8, 4) is 5.75 Å². The molecule has 1 atom stereocenters. The van der Waals surface area contributed by atoms with Crippen LogP contribution >= 0.6 is 11.6 Å². The van der Waals surface area contributed by atoms with Crippen LogP contribution in [-0.2, 0) is 4.79 Å². The van der Waals surface area contributed by atoms with Gasteiger partial charge in [-0.2, -0.15) is 15.0 Å². The van der Waals surface area contributed by atoms with Gasteiger partial charge in [0.1, 0.15) is 5.75 Å². The molecular weight excluding hydrogens is 320 g/mol. The Morgan fingerprint density at radius 2 is 1.91 bits per heavy atom. The summed E-state index contributed by atoms with van der Waals surface area (Å²) in [7, 11) is 3.54. The molecule has 0 fully saturated rings. The first-order valence-corrected chi connectivity index (χ1v) is 7.20. The summed E-state index contributed by atoms with van der Waals surface area (Å²) < 4.78 is 5.51. The second-order valence-electron chi connectivity index (χ2n) is 4.81. The third kappa shape index (κ3) is 4.96. The fourth-order valence-corrected chi connectivity index (χ4v) is 1.73. The molecule has 2 aromatic rings. The Hall–Kier alpha value is -2.61. The fourth-order valence-electron chi connectivity index (χ4n) is 1.57. The topological polar surface area (TPSA) is 92.3 Å². The number of rotatable bonds is 6. The normalized spacial score (nSPS) is 11.5. The van der Waals surface area contributed by atoms with Crippen LogP contribution in [0.2, 0.25) is 5.28 Å². The van der Waals surface area contributed by atoms with Gasteiger partial charge in [-0.1, -0.05) is 18.2 Å². The van der Waals surface area contributed by atoms with Crippen molar-refractivity contribution in [2.45, 2.75) is 13.0 Å². The molecule has 0 saturated heterocycles. The molecule has 2 rings (SSSR count). The number of hydrazine groups is 1. The van der Waals surface area contributed by atoms with E-state index in [9.17, 15) is 4.79 Å². The molecule has 0 unspecified atom stereocenters. The number of ether oxygens (including phenoxy) is 1. The summed E-state index contributed by atoms with van der Waals surface area (Å²) >= 11 is 5.81. The maximum Gasteiger partial charge on any atom is 0.279 e. The van der Waals surface area contributed by atoms with Gasteiger partial charge < -0.3 is 9.64 Å². The maximum absolute atomic E-state index is 12.0. The molecule has 8 nitrogen and oxygen atoms in total. The molecule has 0 radical (unpaired) electrons. The molecule has 122 valence electrons. The number of hydrogen-bond acceptors (Lipinski definition) is 7. The van der Waals surface area contributed by atoms with E-state index in [0.29, 0.717) is 11.7 Å². The quantitative estimate of drug-likeness (QED) is 0.772. The Morgan fingerprint density at radius 1 is 1.22 bits per heavy atom. The van der Waals surface area contributed by atoms with E-state index in [-0.39, 0.29) is 17.1 Å². The number of carbonyl (C=O) groups excluding carboxylic acids is 1. The van der Waals surface area contributed by atoms with Crippen LogP contribution in [0.5, 0.6) is 5.75 Å². The maximum atomic E-state index is 12.0. The summed E-state index contributed by atoms with van der Waals surface area (Å²) in [6, 6.07) is 9.06. The predicted octanol–water partition coefficient (Wildman–Crippen LogP) is 1.50. The SMILES string of the molecule is C[C@@H](Oc1ccccc1)C(=O)NNc1nc(Cl)nc(N(C)C)n1. The number of halogens is 1. The average Bonchev–Trinajstić information content (AvgIpc) is 2.53. The molecule has 2 N–H and O–H groups in total. The van der Waals surface area contributed by atoms with E-state index in [0.717, 1.165) is 0 Å². The lowest BCUT2D eigenvalue weighted by Crippen LogP contribution is -2.40. The van der Waals surface area contributed by atoms with Gasteiger partial charge >= 0.3 is 0 Å². The summed E-state index contributed by atoms with van der Waals surface area (Å²) in [5.41, 5.74) is 5.06. The number of nitrogens with zero attached hydrogens (tertiary/aromatic N) is 4. The van der Waals surface area contributed by atoms with E-state index in [1.54, 1.807) is 38.1 Å². The second kappa shape index (κ2) is 7.59. The molecule has 0 spiro atoms. The van der Waals surface area contributed by atoms with Crippen molar-refractivity contribution in [2.24, 2.45) is 0 Å². The standard InChI is InChI=1S/C14H17ClN6O2/c1-9(23-10-7-5-4-6-8-10)11(22)19-20-13-16-12(15)17-14(18-13)21(2)3/h4-9H,1-3H3,(H,19,22)(H,16,17,18,20)/t9-/m1/s1. The van der Waals surface area contributed by atoms with Gasteiger partial charge in [-0.15, -0.1) is 0 Å². The number of hydrogen-bond donors (Lipinski definition) is 2. The fraction of sp³-hybridized carbons (Fsp3) is 0.286. The van der Waals surface area contributed by atoms with Crippen LogP contribution in [-0.4, -0.2) is 41.1 Å². The van der Waals surface area contributed by atoms with Crippen molar-refractivity contribution < 1.29 is 9.53 Å². The van der Waals surface area contributed by atoms with Crippen molar-refractivity contribution in [2.75, 3.05) is 24.4 Å². The van der Waals surface area contributed by atoms with Crippen molar-refractivity contribution in [3.05, 3.63) is 35.6 Å². The van der Waals surface area contributed by atoms with Crippen molar-refractivity contribution in [3.63, 3.8) is 0 Å². The monoisotopic (exact) mass is 336 g/mol. The van der Waals surface area contributed by atoms with Crippen LogP contribution in [0.25, 0.3) is 0 Å². The highest BCUT2D eigenvalue weighted by Crippen LogP contribution is 2.12. The largest absolute Gasteiger partial charge is 0.481 e. The number of amides is 1. The summed E-state index contributed by atoms with van der Waals surface area (Å²) in [5.74, 6) is 0.731. The van der Waals surface area contributed by atoms with Gasteiger partial charge in [-0.3, -0.25) is 15.6 Å². The molecule has 1 aromatic carbocycles. The molecule has 9 heteroatoms. The minimum absolute atomic E-state index is 0.0223. The smallest absolute Gasteiger partial charge is 0.279 e. The minimum atomic E-state index is -0.699. The van der Waals surface area contributed by atoms with Crippen molar-refractivity contribution in [1.29, 1.82) is 0 Å². The molecule has 0 saturated carbocycles. The number of carbonyl (C=O) groups is 1. The van der Waals surface area contributed by atoms with Crippen molar-refractivity contribution >= 4 is 29.4 Å². The summed E-state index contributed by atoms with van der Waals surface area (Å²) in [4.78, 5) is 25.6. The first kappa shape index (κ1) is 16.8. The zero-order valence-corrected chi connectivity index (χ0v) is 13.7. The third-order valence-electron chi connectivity index (χ3n) is 2.72. The Morgan fingerprint density at radius 3 is 2.57 bits per heavy atom. The lowest BCUT2D eigenvalue weighted by atomic mass is 10.3.